The summed E-state index contributed by atoms with van der Waals surface area (Å²) in [5.41, 5.74) is 3.21. The summed E-state index contributed by atoms with van der Waals surface area (Å²) in [5.74, 6) is 0. The molecule has 0 saturated heterocycles. The highest BCUT2D eigenvalue weighted by atomic mass is 14.7. The van der Waals surface area contributed by atoms with Crippen LogP contribution in [0.25, 0.3) is 0 Å². The molecule has 0 radical (unpaired) electrons. The molecule has 0 unspecified atom stereocenters. The number of para-hydroxylation sites is 1. The maximum absolute atomic E-state index is 4.55. The SMILES string of the molecule is C/C(=N/c1ccccc1)c1ccccc1. The van der Waals surface area contributed by atoms with Gasteiger partial charge in [-0.2, -0.15) is 0 Å². The lowest BCUT2D eigenvalue weighted by Crippen LogP contribution is -1.92. The van der Waals surface area contributed by atoms with Crippen molar-refractivity contribution < 1.29 is 0 Å². The van der Waals surface area contributed by atoms with Gasteiger partial charge in [-0.1, -0.05) is 48.5 Å². The average Bonchev–Trinajstić information content (AvgIpc) is 2.31. The first-order valence-electron chi connectivity index (χ1n) is 5.02. The lowest BCUT2D eigenvalue weighted by Gasteiger charge is -2.00. The second-order valence-electron chi connectivity index (χ2n) is 3.40. The molecule has 0 aliphatic heterocycles. The van der Waals surface area contributed by atoms with E-state index in [-0.39, 0.29) is 0 Å². The van der Waals surface area contributed by atoms with Crippen LogP contribution in [0.15, 0.2) is 65.7 Å². The van der Waals surface area contributed by atoms with Crippen molar-refractivity contribution in [2.45, 2.75) is 6.92 Å². The maximum Gasteiger partial charge on any atom is 0.0633 e. The van der Waals surface area contributed by atoms with Crippen molar-refractivity contribution >= 4 is 11.4 Å². The van der Waals surface area contributed by atoms with Gasteiger partial charge in [0.05, 0.1) is 5.69 Å². The van der Waals surface area contributed by atoms with E-state index in [2.05, 4.69) is 17.1 Å². The molecule has 1 heteroatoms. The second kappa shape index (κ2) is 4.56. The molecular formula is C14H13N. The summed E-state index contributed by atoms with van der Waals surface area (Å²) in [5, 5.41) is 0. The van der Waals surface area contributed by atoms with E-state index >= 15 is 0 Å². The number of hydrogen-bond acceptors (Lipinski definition) is 1. The molecule has 0 aliphatic carbocycles. The van der Waals surface area contributed by atoms with Gasteiger partial charge in [-0.25, -0.2) is 0 Å². The molecule has 0 amide bonds. The summed E-state index contributed by atoms with van der Waals surface area (Å²) >= 11 is 0. The molecule has 0 aromatic heterocycles. The second-order valence-corrected chi connectivity index (χ2v) is 3.40. The first-order chi connectivity index (χ1) is 7.36. The fourth-order valence-corrected chi connectivity index (χ4v) is 1.44. The van der Waals surface area contributed by atoms with Crippen LogP contribution in [0.4, 0.5) is 5.69 Å². The molecule has 0 N–H and O–H groups in total. The summed E-state index contributed by atoms with van der Waals surface area (Å²) in [4.78, 5) is 4.55. The zero-order valence-electron chi connectivity index (χ0n) is 8.72. The van der Waals surface area contributed by atoms with Gasteiger partial charge in [0.1, 0.15) is 0 Å². The van der Waals surface area contributed by atoms with Crippen molar-refractivity contribution in [3.05, 3.63) is 66.2 Å². The molecule has 0 heterocycles. The molecule has 0 aliphatic rings. The van der Waals surface area contributed by atoms with E-state index in [4.69, 9.17) is 0 Å². The topological polar surface area (TPSA) is 12.4 Å². The molecule has 2 aromatic carbocycles. The van der Waals surface area contributed by atoms with Crippen molar-refractivity contribution in [1.82, 2.24) is 0 Å². The number of aliphatic imine (C=N–C) groups is 1. The van der Waals surface area contributed by atoms with Crippen LogP contribution in [0, 0.1) is 0 Å². The minimum absolute atomic E-state index is 0.999. The third kappa shape index (κ3) is 2.53. The largest absolute Gasteiger partial charge is 0.253 e. The average molecular weight is 195 g/mol. The molecule has 0 bridgehead atoms. The van der Waals surface area contributed by atoms with Gasteiger partial charge in [0, 0.05) is 5.71 Å². The Morgan fingerprint density at radius 1 is 0.800 bits per heavy atom. The molecule has 0 fully saturated rings. The Morgan fingerprint density at radius 3 is 1.93 bits per heavy atom. The highest BCUT2D eigenvalue weighted by molar-refractivity contribution is 6.00. The fraction of sp³-hybridized carbons (Fsp3) is 0.0714. The van der Waals surface area contributed by atoms with Gasteiger partial charge in [-0.3, -0.25) is 4.99 Å². The quantitative estimate of drug-likeness (QED) is 0.646. The number of rotatable bonds is 2. The zero-order valence-corrected chi connectivity index (χ0v) is 8.72. The van der Waals surface area contributed by atoms with Crippen LogP contribution in [-0.2, 0) is 0 Å². The molecular weight excluding hydrogens is 182 g/mol. The summed E-state index contributed by atoms with van der Waals surface area (Å²) < 4.78 is 0. The summed E-state index contributed by atoms with van der Waals surface area (Å²) in [6.07, 6.45) is 0. The van der Waals surface area contributed by atoms with Crippen molar-refractivity contribution in [3.63, 3.8) is 0 Å². The molecule has 0 spiro atoms. The van der Waals surface area contributed by atoms with Gasteiger partial charge in [0.25, 0.3) is 0 Å². The molecule has 2 rings (SSSR count). The Bertz CT molecular complexity index is 443. The van der Waals surface area contributed by atoms with Gasteiger partial charge < -0.3 is 0 Å². The lowest BCUT2D eigenvalue weighted by molar-refractivity contribution is 1.48. The van der Waals surface area contributed by atoms with Crippen LogP contribution in [-0.4, -0.2) is 5.71 Å². The third-order valence-corrected chi connectivity index (χ3v) is 2.24. The van der Waals surface area contributed by atoms with Gasteiger partial charge in [-0.15, -0.1) is 0 Å². The predicted octanol–water partition coefficient (Wildman–Crippen LogP) is 3.83. The third-order valence-electron chi connectivity index (χ3n) is 2.24. The zero-order chi connectivity index (χ0) is 10.5. The van der Waals surface area contributed by atoms with Crippen molar-refractivity contribution in [1.29, 1.82) is 0 Å². The standard InChI is InChI=1S/C14H13N/c1-12(13-8-4-2-5-9-13)15-14-10-6-3-7-11-14/h2-11H,1H3/b15-12-. The number of nitrogens with zero attached hydrogens (tertiary/aromatic N) is 1. The number of benzene rings is 2. The van der Waals surface area contributed by atoms with E-state index < -0.39 is 0 Å². The predicted molar refractivity (Wildman–Crippen MR) is 64.8 cm³/mol. The van der Waals surface area contributed by atoms with Gasteiger partial charge in [-0.05, 0) is 24.6 Å². The minimum atomic E-state index is 0.999. The molecule has 0 saturated carbocycles. The van der Waals surface area contributed by atoms with Crippen LogP contribution in [0.3, 0.4) is 0 Å². The number of hydrogen-bond donors (Lipinski definition) is 0. The normalized spacial score (nSPS) is 11.4. The van der Waals surface area contributed by atoms with E-state index in [1.54, 1.807) is 0 Å². The monoisotopic (exact) mass is 195 g/mol. The summed E-state index contributed by atoms with van der Waals surface area (Å²) in [6, 6.07) is 20.2. The summed E-state index contributed by atoms with van der Waals surface area (Å²) in [6.45, 7) is 2.03. The molecule has 74 valence electrons. The Morgan fingerprint density at radius 2 is 1.33 bits per heavy atom. The van der Waals surface area contributed by atoms with Crippen molar-refractivity contribution in [3.8, 4) is 0 Å². The molecule has 2 aromatic rings. The first kappa shape index (κ1) is 9.66. The Kier molecular flexibility index (Phi) is 2.93. The van der Waals surface area contributed by atoms with Crippen LogP contribution < -0.4 is 0 Å². The van der Waals surface area contributed by atoms with Crippen molar-refractivity contribution in [2.75, 3.05) is 0 Å². The van der Waals surface area contributed by atoms with E-state index in [0.717, 1.165) is 11.4 Å². The smallest absolute Gasteiger partial charge is 0.0633 e. The lowest BCUT2D eigenvalue weighted by atomic mass is 10.1. The fourth-order valence-electron chi connectivity index (χ4n) is 1.44. The van der Waals surface area contributed by atoms with E-state index in [1.807, 2.05) is 55.5 Å². The van der Waals surface area contributed by atoms with Crippen LogP contribution in [0.5, 0.6) is 0 Å². The highest BCUT2D eigenvalue weighted by Crippen LogP contribution is 2.12. The van der Waals surface area contributed by atoms with E-state index in [1.165, 1.54) is 5.56 Å². The maximum atomic E-state index is 4.55. The van der Waals surface area contributed by atoms with Gasteiger partial charge >= 0.3 is 0 Å². The van der Waals surface area contributed by atoms with Gasteiger partial charge in [0.15, 0.2) is 0 Å². The van der Waals surface area contributed by atoms with E-state index in [9.17, 15) is 0 Å². The van der Waals surface area contributed by atoms with Crippen LogP contribution in [0.2, 0.25) is 0 Å². The summed E-state index contributed by atoms with van der Waals surface area (Å²) in [7, 11) is 0. The van der Waals surface area contributed by atoms with Gasteiger partial charge in [0.2, 0.25) is 0 Å². The van der Waals surface area contributed by atoms with Crippen molar-refractivity contribution in [2.24, 2.45) is 4.99 Å². The highest BCUT2D eigenvalue weighted by Gasteiger charge is 1.95. The van der Waals surface area contributed by atoms with Crippen LogP contribution >= 0.6 is 0 Å². The molecule has 1 nitrogen and oxygen atoms in total. The molecule has 15 heavy (non-hydrogen) atoms. The van der Waals surface area contributed by atoms with Crippen LogP contribution in [0.1, 0.15) is 12.5 Å². The minimum Gasteiger partial charge on any atom is -0.253 e. The van der Waals surface area contributed by atoms with E-state index in [0.29, 0.717) is 0 Å². The molecule has 0 atom stereocenters. The Labute approximate surface area is 90.1 Å². The first-order valence-corrected chi connectivity index (χ1v) is 5.02. The Hall–Kier alpha value is -1.89. The Balaban J connectivity index is 2.29.